The van der Waals surface area contributed by atoms with Crippen LogP contribution in [0, 0.1) is 10.1 Å². The smallest absolute Gasteiger partial charge is 0.292 e. The van der Waals surface area contributed by atoms with Gasteiger partial charge < -0.3 is 14.6 Å². The number of halogens is 1. The van der Waals surface area contributed by atoms with Crippen LogP contribution in [0.3, 0.4) is 0 Å². The van der Waals surface area contributed by atoms with E-state index in [1.54, 1.807) is 7.11 Å². The highest BCUT2D eigenvalue weighted by Gasteiger charge is 2.18. The number of carbonyl (C=O) groups excluding carboxylic acids is 1. The number of fused-ring (bicyclic) bond motifs is 1. The Balaban J connectivity index is 1.75. The fourth-order valence-corrected chi connectivity index (χ4v) is 3.66. The van der Waals surface area contributed by atoms with Gasteiger partial charge in [-0.05, 0) is 24.3 Å². The molecule has 0 radical (unpaired) electrons. The molecule has 0 saturated carbocycles. The third kappa shape index (κ3) is 4.61. The van der Waals surface area contributed by atoms with Crippen molar-refractivity contribution in [1.29, 1.82) is 0 Å². The summed E-state index contributed by atoms with van der Waals surface area (Å²) in [6, 6.07) is 11.7. The maximum Gasteiger partial charge on any atom is 0.292 e. The molecule has 0 aliphatic heterocycles. The summed E-state index contributed by atoms with van der Waals surface area (Å²) in [7, 11) is 1.62. The van der Waals surface area contributed by atoms with E-state index in [9.17, 15) is 14.9 Å². The van der Waals surface area contributed by atoms with Gasteiger partial charge in [0.15, 0.2) is 5.16 Å². The number of carbonyl (C=O) groups is 1. The predicted octanol–water partition coefficient (Wildman–Crippen LogP) is 3.98. The molecule has 146 valence electrons. The number of amides is 1. The van der Waals surface area contributed by atoms with Crippen molar-refractivity contribution < 1.29 is 14.5 Å². The van der Waals surface area contributed by atoms with Crippen LogP contribution in [0.4, 0.5) is 11.4 Å². The molecule has 2 aromatic carbocycles. The molecule has 28 heavy (non-hydrogen) atoms. The first-order valence-corrected chi connectivity index (χ1v) is 9.66. The maximum atomic E-state index is 12.4. The van der Waals surface area contributed by atoms with Crippen LogP contribution < -0.4 is 5.32 Å². The van der Waals surface area contributed by atoms with Gasteiger partial charge in [-0.2, -0.15) is 0 Å². The number of anilines is 1. The minimum absolute atomic E-state index is 0.0416. The molecule has 0 saturated heterocycles. The van der Waals surface area contributed by atoms with Crippen LogP contribution in [-0.4, -0.2) is 39.9 Å². The Morgan fingerprint density at radius 1 is 1.36 bits per heavy atom. The molecule has 1 heterocycles. The largest absolute Gasteiger partial charge is 0.383 e. The van der Waals surface area contributed by atoms with Crippen molar-refractivity contribution in [3.8, 4) is 0 Å². The van der Waals surface area contributed by atoms with Crippen LogP contribution in [0.2, 0.25) is 5.02 Å². The second kappa shape index (κ2) is 9.05. The molecule has 1 aromatic heterocycles. The Morgan fingerprint density at radius 2 is 2.14 bits per heavy atom. The van der Waals surface area contributed by atoms with Crippen LogP contribution in [0.25, 0.3) is 11.0 Å². The normalized spacial score (nSPS) is 10.9. The number of ether oxygens (including phenoxy) is 1. The summed E-state index contributed by atoms with van der Waals surface area (Å²) in [5, 5.41) is 14.6. The van der Waals surface area contributed by atoms with Crippen LogP contribution in [-0.2, 0) is 16.1 Å². The van der Waals surface area contributed by atoms with Crippen molar-refractivity contribution in [2.75, 3.05) is 24.8 Å². The lowest BCUT2D eigenvalue weighted by atomic mass is 10.2. The van der Waals surface area contributed by atoms with Crippen molar-refractivity contribution in [2.45, 2.75) is 11.7 Å². The highest BCUT2D eigenvalue weighted by molar-refractivity contribution is 7.99. The summed E-state index contributed by atoms with van der Waals surface area (Å²) >= 11 is 7.14. The van der Waals surface area contributed by atoms with E-state index in [0.717, 1.165) is 11.0 Å². The Morgan fingerprint density at radius 3 is 2.89 bits per heavy atom. The average molecular weight is 421 g/mol. The van der Waals surface area contributed by atoms with Gasteiger partial charge in [0, 0.05) is 24.7 Å². The molecule has 0 atom stereocenters. The third-order valence-electron chi connectivity index (χ3n) is 3.90. The van der Waals surface area contributed by atoms with E-state index in [1.807, 2.05) is 28.8 Å². The van der Waals surface area contributed by atoms with Gasteiger partial charge >= 0.3 is 0 Å². The molecule has 8 nitrogen and oxygen atoms in total. The van der Waals surface area contributed by atoms with Crippen molar-refractivity contribution in [1.82, 2.24) is 9.55 Å². The molecule has 1 N–H and O–H groups in total. The Bertz CT molecular complexity index is 1020. The van der Waals surface area contributed by atoms with Crippen LogP contribution in [0.5, 0.6) is 0 Å². The van der Waals surface area contributed by atoms with Crippen molar-refractivity contribution >= 4 is 51.7 Å². The summed E-state index contributed by atoms with van der Waals surface area (Å²) in [6.45, 7) is 1.11. The molecular formula is C18H17ClN4O4S. The van der Waals surface area contributed by atoms with Crippen LogP contribution in [0.15, 0.2) is 47.6 Å². The van der Waals surface area contributed by atoms with Crippen LogP contribution in [0.1, 0.15) is 0 Å². The maximum absolute atomic E-state index is 12.4. The first-order valence-electron chi connectivity index (χ1n) is 8.30. The molecule has 3 aromatic rings. The summed E-state index contributed by atoms with van der Waals surface area (Å²) in [6.07, 6.45) is 0. The first-order chi connectivity index (χ1) is 13.5. The average Bonchev–Trinajstić information content (AvgIpc) is 3.02. The van der Waals surface area contributed by atoms with Gasteiger partial charge in [0.1, 0.15) is 5.69 Å². The fraction of sp³-hybridized carbons (Fsp3) is 0.222. The van der Waals surface area contributed by atoms with Gasteiger partial charge in [0.05, 0.1) is 28.3 Å². The van der Waals surface area contributed by atoms with Gasteiger partial charge in [0.2, 0.25) is 5.91 Å². The number of aromatic nitrogens is 2. The second-order valence-corrected chi connectivity index (χ2v) is 7.16. The van der Waals surface area contributed by atoms with E-state index >= 15 is 0 Å². The lowest BCUT2D eigenvalue weighted by Gasteiger charge is -2.09. The number of nitrogens with zero attached hydrogens (tertiary/aromatic N) is 3. The number of nitro benzene ring substituents is 1. The number of rotatable bonds is 8. The first kappa shape index (κ1) is 20.1. The van der Waals surface area contributed by atoms with E-state index in [1.165, 1.54) is 30.0 Å². The monoisotopic (exact) mass is 420 g/mol. The van der Waals surface area contributed by atoms with Crippen molar-refractivity contribution in [3.05, 3.63) is 57.6 Å². The number of methoxy groups -OCH3 is 1. The Kier molecular flexibility index (Phi) is 6.50. The van der Waals surface area contributed by atoms with Gasteiger partial charge in [-0.25, -0.2) is 4.98 Å². The zero-order valence-electron chi connectivity index (χ0n) is 14.9. The molecule has 0 aliphatic rings. The predicted molar refractivity (Wildman–Crippen MR) is 109 cm³/mol. The second-order valence-electron chi connectivity index (χ2n) is 5.78. The molecular weight excluding hydrogens is 404 g/mol. The molecule has 3 rings (SSSR count). The number of para-hydroxylation sites is 2. The summed E-state index contributed by atoms with van der Waals surface area (Å²) in [5.74, 6) is -0.347. The van der Waals surface area contributed by atoms with E-state index in [-0.39, 0.29) is 23.0 Å². The van der Waals surface area contributed by atoms with Crippen molar-refractivity contribution in [2.24, 2.45) is 0 Å². The minimum Gasteiger partial charge on any atom is -0.383 e. The highest BCUT2D eigenvalue weighted by Crippen LogP contribution is 2.28. The van der Waals surface area contributed by atoms with Crippen LogP contribution >= 0.6 is 23.4 Å². The van der Waals surface area contributed by atoms with E-state index < -0.39 is 4.92 Å². The zero-order chi connectivity index (χ0) is 20.1. The minimum atomic E-state index is -0.566. The number of benzene rings is 2. The quantitative estimate of drug-likeness (QED) is 0.336. The molecule has 10 heteroatoms. The Hall–Kier alpha value is -2.62. The van der Waals surface area contributed by atoms with Gasteiger partial charge in [0.25, 0.3) is 5.69 Å². The fourth-order valence-electron chi connectivity index (χ4n) is 2.65. The van der Waals surface area contributed by atoms with Gasteiger partial charge in [-0.15, -0.1) is 0 Å². The lowest BCUT2D eigenvalue weighted by molar-refractivity contribution is -0.383. The van der Waals surface area contributed by atoms with E-state index in [0.29, 0.717) is 23.3 Å². The van der Waals surface area contributed by atoms with E-state index in [2.05, 4.69) is 10.3 Å². The zero-order valence-corrected chi connectivity index (χ0v) is 16.5. The van der Waals surface area contributed by atoms with Gasteiger partial charge in [-0.3, -0.25) is 14.9 Å². The van der Waals surface area contributed by atoms with Crippen molar-refractivity contribution in [3.63, 3.8) is 0 Å². The third-order valence-corrected chi connectivity index (χ3v) is 5.11. The molecule has 0 spiro atoms. The lowest BCUT2D eigenvalue weighted by Crippen LogP contribution is -2.16. The molecule has 0 unspecified atom stereocenters. The topological polar surface area (TPSA) is 99.3 Å². The van der Waals surface area contributed by atoms with Gasteiger partial charge in [-0.1, -0.05) is 35.5 Å². The summed E-state index contributed by atoms with van der Waals surface area (Å²) in [4.78, 5) is 27.5. The standard InChI is InChI=1S/C18H17ClN4O4S/c1-27-9-8-22-15-5-3-2-4-13(15)21-18(22)28-11-17(24)20-14-10-12(19)6-7-16(14)23(25)26/h2-7,10H,8-9,11H2,1H3,(H,20,24). The Labute approximate surface area is 170 Å². The summed E-state index contributed by atoms with van der Waals surface area (Å²) < 4.78 is 7.14. The SMILES string of the molecule is COCCn1c(SCC(=O)Nc2cc(Cl)ccc2[N+](=O)[O-])nc2ccccc21. The number of imidazole rings is 1. The number of nitro groups is 1. The summed E-state index contributed by atoms with van der Waals surface area (Å²) in [5.41, 5.74) is 1.63. The molecule has 0 bridgehead atoms. The molecule has 1 amide bonds. The van der Waals surface area contributed by atoms with E-state index in [4.69, 9.17) is 16.3 Å². The number of nitrogens with one attached hydrogen (secondary N) is 1. The molecule has 0 aliphatic carbocycles. The highest BCUT2D eigenvalue weighted by atomic mass is 35.5. The molecule has 0 fully saturated rings. The number of thioether (sulfide) groups is 1. The number of hydrogen-bond acceptors (Lipinski definition) is 6. The number of hydrogen-bond donors (Lipinski definition) is 1.